The lowest BCUT2D eigenvalue weighted by Gasteiger charge is -2.58. The number of H-pyrrole nitrogens is 1. The third-order valence-electron chi connectivity index (χ3n) is 15.4. The highest BCUT2D eigenvalue weighted by Gasteiger charge is 2.61. The van der Waals surface area contributed by atoms with Crippen LogP contribution in [0.1, 0.15) is 78.7 Å². The summed E-state index contributed by atoms with van der Waals surface area (Å²) in [7, 11) is 0. The summed E-state index contributed by atoms with van der Waals surface area (Å²) in [4.78, 5) is 58.9. The number of aliphatic hydroxyl groups is 2. The molecule has 2 amide bonds. The minimum atomic E-state index is -0.386. The van der Waals surface area contributed by atoms with Gasteiger partial charge in [-0.05, 0) is 107 Å². The number of aromatic nitrogens is 4. The van der Waals surface area contributed by atoms with E-state index in [2.05, 4.69) is 125 Å². The number of carbonyl (C=O) groups is 2. The lowest BCUT2D eigenvalue weighted by Crippen LogP contribution is -2.59. The van der Waals surface area contributed by atoms with Crippen LogP contribution >= 0.6 is 11.8 Å². The molecule has 2 aromatic heterocycles. The first kappa shape index (κ1) is 51.3. The molecule has 0 radical (unpaired) electrons. The van der Waals surface area contributed by atoms with E-state index in [1.807, 2.05) is 0 Å². The summed E-state index contributed by atoms with van der Waals surface area (Å²) in [5.74, 6) is 3.52. The molecular weight excluding hydrogens is 909 g/mol. The molecule has 1 saturated heterocycles. The number of para-hydroxylation sites is 1. The van der Waals surface area contributed by atoms with Crippen LogP contribution in [0.3, 0.4) is 0 Å². The first-order valence-electron chi connectivity index (χ1n) is 24.9. The fraction of sp³-hybridized carbons (Fsp3) is 0.577. The number of amidine groups is 1. The summed E-state index contributed by atoms with van der Waals surface area (Å²) in [5, 5.41) is 23.8. The zero-order valence-electron chi connectivity index (χ0n) is 41.4. The first-order valence-corrected chi connectivity index (χ1v) is 25.8. The number of fused-ring (bicyclic) bond motifs is 8. The molecular formula is C52H72N10O7S. The van der Waals surface area contributed by atoms with Gasteiger partial charge in [-0.15, -0.1) is 0 Å². The summed E-state index contributed by atoms with van der Waals surface area (Å²) in [6.07, 6.45) is 12.1. The molecule has 378 valence electrons. The van der Waals surface area contributed by atoms with E-state index in [4.69, 9.17) is 30.4 Å². The number of anilines is 1. The molecule has 4 fully saturated rings. The number of aliphatic imine (C=N–C) groups is 1. The average molecular weight is 981 g/mol. The average Bonchev–Trinajstić information content (AvgIpc) is 3.86. The largest absolute Gasteiger partial charge is 0.394 e. The molecule has 7 atom stereocenters. The number of aliphatic hydroxyl groups excluding tert-OH is 2. The number of hydrogen-bond acceptors (Lipinski definition) is 14. The Bertz CT molecular complexity index is 2590. The smallest absolute Gasteiger partial charge is 0.280 e. The number of piperazine rings is 1. The molecule has 2 aromatic carbocycles. The van der Waals surface area contributed by atoms with Gasteiger partial charge in [-0.25, -0.2) is 9.98 Å². The number of carbonyl (C=O) groups excluding carboxylic acids is 2. The van der Waals surface area contributed by atoms with Gasteiger partial charge in [0.05, 0.1) is 45.0 Å². The van der Waals surface area contributed by atoms with Gasteiger partial charge in [0.2, 0.25) is 17.8 Å². The van der Waals surface area contributed by atoms with Gasteiger partial charge in [-0.3, -0.25) is 28.8 Å². The Labute approximate surface area is 415 Å². The number of benzene rings is 2. The zero-order chi connectivity index (χ0) is 49.6. The van der Waals surface area contributed by atoms with Crippen molar-refractivity contribution < 1.29 is 29.3 Å². The molecule has 70 heavy (non-hydrogen) atoms. The summed E-state index contributed by atoms with van der Waals surface area (Å²) < 4.78 is 12.0. The number of nitrogens with two attached hydrogens (primary N) is 1. The van der Waals surface area contributed by atoms with Gasteiger partial charge in [-0.1, -0.05) is 62.0 Å². The van der Waals surface area contributed by atoms with Crippen molar-refractivity contribution in [3.8, 4) is 0 Å². The van der Waals surface area contributed by atoms with Crippen LogP contribution in [0.4, 0.5) is 11.6 Å². The van der Waals surface area contributed by atoms with E-state index >= 15 is 0 Å². The summed E-state index contributed by atoms with van der Waals surface area (Å²) in [6.45, 7) is 17.3. The van der Waals surface area contributed by atoms with Crippen molar-refractivity contribution in [3.63, 3.8) is 0 Å². The second kappa shape index (κ2) is 22.1. The molecule has 0 spiro atoms. The van der Waals surface area contributed by atoms with Crippen molar-refractivity contribution >= 4 is 52.2 Å². The summed E-state index contributed by atoms with van der Waals surface area (Å²) in [5.41, 5.74) is 7.91. The van der Waals surface area contributed by atoms with Crippen LogP contribution in [-0.2, 0) is 25.8 Å². The lowest BCUT2D eigenvalue weighted by atomic mass is 9.48. The van der Waals surface area contributed by atoms with E-state index < -0.39 is 0 Å². The Hall–Kier alpha value is -5.11. The van der Waals surface area contributed by atoms with Crippen molar-refractivity contribution in [2.75, 3.05) is 71.5 Å². The Kier molecular flexibility index (Phi) is 16.2. The van der Waals surface area contributed by atoms with Gasteiger partial charge in [0.25, 0.3) is 5.56 Å². The standard InChI is InChI=1S/C23H36N2O2.C21H25N3O2S.C8H11N5O3/c1-21(2,3)25-20(27)17-8-7-15-14-6-9-18-23(5,13-11-19(26)24-18)16(14)10-12-22(15,17)4;25-14-16-26-15-13-23-9-11-24(12-10-23)21-17-5-1-3-7-19(17)27-20-8-4-2-6-18(20)22-21;9-8-11-6-5(7(15)12-8)10-3-13(6)4-16-2-1-14/h11,13-18H,6-10,12H2,1-5H3,(H,24,26)(H,25,27);1-8,25H,9-16H2;3,14H,1-2,4H2,(H3,9,11,12,15)/t14-,15-,16-,17+,18+,22-,23+;;/m0../s1. The number of nitrogens with zero attached hydrogens (tertiary/aromatic N) is 6. The van der Waals surface area contributed by atoms with Crippen molar-refractivity contribution in [2.45, 2.75) is 101 Å². The Morgan fingerprint density at radius 1 is 0.914 bits per heavy atom. The molecule has 3 saturated carbocycles. The van der Waals surface area contributed by atoms with Gasteiger partial charge in [0.15, 0.2) is 11.2 Å². The van der Waals surface area contributed by atoms with E-state index in [0.717, 1.165) is 63.5 Å². The number of hydrogen-bond donors (Lipinski definition) is 6. The molecule has 17 nitrogen and oxygen atoms in total. The Morgan fingerprint density at radius 3 is 2.40 bits per heavy atom. The number of nitrogen functional groups attached to an aromatic ring is 1. The Balaban J connectivity index is 0.000000146. The molecule has 4 aromatic rings. The van der Waals surface area contributed by atoms with Crippen molar-refractivity contribution in [1.82, 2.24) is 40.0 Å². The molecule has 5 heterocycles. The molecule has 6 aliphatic rings. The van der Waals surface area contributed by atoms with Gasteiger partial charge in [0, 0.05) is 71.0 Å². The van der Waals surface area contributed by atoms with Gasteiger partial charge >= 0.3 is 0 Å². The summed E-state index contributed by atoms with van der Waals surface area (Å²) in [6, 6.07) is 17.2. The van der Waals surface area contributed by atoms with E-state index in [9.17, 15) is 14.4 Å². The molecule has 3 aliphatic carbocycles. The molecule has 3 aliphatic heterocycles. The van der Waals surface area contributed by atoms with Crippen LogP contribution in [0.25, 0.3) is 11.2 Å². The molecule has 0 bridgehead atoms. The van der Waals surface area contributed by atoms with Crippen molar-refractivity contribution in [1.29, 1.82) is 0 Å². The zero-order valence-corrected chi connectivity index (χ0v) is 42.2. The highest BCUT2D eigenvalue weighted by atomic mass is 32.2. The molecule has 7 N–H and O–H groups in total. The second-order valence-electron chi connectivity index (χ2n) is 20.9. The molecule has 0 unspecified atom stereocenters. The number of ether oxygens (including phenoxy) is 2. The van der Waals surface area contributed by atoms with Gasteiger partial charge in [-0.2, -0.15) is 4.98 Å². The van der Waals surface area contributed by atoms with Crippen LogP contribution in [0.2, 0.25) is 0 Å². The van der Waals surface area contributed by atoms with Crippen molar-refractivity contribution in [2.24, 2.45) is 39.5 Å². The highest BCUT2D eigenvalue weighted by Crippen LogP contribution is 2.65. The van der Waals surface area contributed by atoms with Crippen LogP contribution in [0, 0.1) is 34.5 Å². The fourth-order valence-corrected chi connectivity index (χ4v) is 13.0. The first-order chi connectivity index (χ1) is 33.6. The second-order valence-corrected chi connectivity index (χ2v) is 22.0. The van der Waals surface area contributed by atoms with Crippen molar-refractivity contribution in [3.05, 3.63) is 82.9 Å². The van der Waals surface area contributed by atoms with E-state index in [0.29, 0.717) is 36.6 Å². The quantitative estimate of drug-likeness (QED) is 0.111. The maximum Gasteiger partial charge on any atom is 0.280 e. The minimum Gasteiger partial charge on any atom is -0.394 e. The predicted molar refractivity (Wildman–Crippen MR) is 272 cm³/mol. The monoisotopic (exact) mass is 981 g/mol. The maximum absolute atomic E-state index is 13.0. The SMILES string of the molecule is CC(C)(C)NC(=O)[C@H]1CC[C@H]2[C@@H]3CC[C@H]4NC(=O)C=C[C@]4(C)[C@H]3CC[C@]12C.Nc1nc2c(ncn2COCCO)c(=O)[nH]1.OCCOCCN1CCN(C2=Nc3ccccc3Sc3ccccc32)CC1. The number of amides is 2. The number of aromatic amines is 1. The normalized spacial score (nSPS) is 26.9. The summed E-state index contributed by atoms with van der Waals surface area (Å²) >= 11 is 1.80. The third-order valence-corrected chi connectivity index (χ3v) is 16.5. The number of imidazole rings is 1. The predicted octanol–water partition coefficient (Wildman–Crippen LogP) is 5.34. The molecule has 18 heteroatoms. The van der Waals surface area contributed by atoms with Crippen LogP contribution in [-0.4, -0.2) is 135 Å². The van der Waals surface area contributed by atoms with Gasteiger partial charge < -0.3 is 41.0 Å². The van der Waals surface area contributed by atoms with E-state index in [-0.39, 0.29) is 83.7 Å². The van der Waals surface area contributed by atoms with Gasteiger partial charge in [0.1, 0.15) is 12.6 Å². The van der Waals surface area contributed by atoms with Crippen LogP contribution in [0.5, 0.6) is 0 Å². The Morgan fingerprint density at radius 2 is 1.64 bits per heavy atom. The number of rotatable bonds is 10. The lowest BCUT2D eigenvalue weighted by molar-refractivity contribution is -0.135. The maximum atomic E-state index is 13.0. The highest BCUT2D eigenvalue weighted by molar-refractivity contribution is 7.99. The molecule has 10 rings (SSSR count). The van der Waals surface area contributed by atoms with E-state index in [1.165, 1.54) is 45.5 Å². The number of nitrogens with one attached hydrogen (secondary N) is 3. The fourth-order valence-electron chi connectivity index (χ4n) is 12.0. The van der Waals surface area contributed by atoms with Crippen LogP contribution in [0.15, 0.2) is 86.6 Å². The van der Waals surface area contributed by atoms with E-state index in [1.54, 1.807) is 17.8 Å². The minimum absolute atomic E-state index is 0.0291. The van der Waals surface area contributed by atoms with Crippen LogP contribution < -0.4 is 21.9 Å². The topological polar surface area (TPSA) is 226 Å². The third kappa shape index (κ3) is 11.3.